The molecule has 4 rings (SSSR count). The molecule has 2 N–H and O–H groups in total. The number of carbonyl (C=O) groups excluding carboxylic acids is 3. The fourth-order valence-electron chi connectivity index (χ4n) is 4.42. The number of amides is 3. The van der Waals surface area contributed by atoms with Crippen LogP contribution in [0.3, 0.4) is 0 Å². The van der Waals surface area contributed by atoms with E-state index in [9.17, 15) is 19.2 Å². The molecule has 168 valence electrons. The van der Waals surface area contributed by atoms with Crippen LogP contribution in [0.2, 0.25) is 10.0 Å². The molecule has 1 aromatic heterocycles. The largest absolute Gasteiger partial charge is 0.351 e. The summed E-state index contributed by atoms with van der Waals surface area (Å²) < 4.78 is 1.47. The lowest BCUT2D eigenvalue weighted by molar-refractivity contribution is -0.134. The van der Waals surface area contributed by atoms with Crippen molar-refractivity contribution in [2.24, 2.45) is 7.05 Å². The van der Waals surface area contributed by atoms with Crippen molar-refractivity contribution in [1.82, 2.24) is 15.2 Å². The van der Waals surface area contributed by atoms with Crippen LogP contribution in [0.15, 0.2) is 35.3 Å². The fraction of sp³-hybridized carbons (Fsp3) is 0.391. The number of benzene rings is 1. The zero-order chi connectivity index (χ0) is 23.0. The topological polar surface area (TPSA) is 97.3 Å². The number of carbonyl (C=O) groups is 3. The molecule has 9 heteroatoms. The smallest absolute Gasteiger partial charge is 0.250 e. The van der Waals surface area contributed by atoms with Gasteiger partial charge in [0.15, 0.2) is 0 Å². The summed E-state index contributed by atoms with van der Waals surface area (Å²) >= 11 is 12.9. The number of nitrogens with one attached hydrogen (secondary N) is 2. The summed E-state index contributed by atoms with van der Waals surface area (Å²) in [5, 5.41) is 5.91. The maximum Gasteiger partial charge on any atom is 0.250 e. The third-order valence-electron chi connectivity index (χ3n) is 6.48. The van der Waals surface area contributed by atoms with Crippen molar-refractivity contribution in [2.45, 2.75) is 50.0 Å². The van der Waals surface area contributed by atoms with Crippen LogP contribution in [-0.2, 0) is 33.4 Å². The molecular weight excluding hydrogens is 453 g/mol. The van der Waals surface area contributed by atoms with Crippen LogP contribution in [0.4, 0.5) is 0 Å². The van der Waals surface area contributed by atoms with Crippen molar-refractivity contribution in [3.63, 3.8) is 0 Å². The molecule has 2 aromatic rings. The molecule has 0 radical (unpaired) electrons. The van der Waals surface area contributed by atoms with Gasteiger partial charge in [0.1, 0.15) is 0 Å². The molecule has 1 saturated carbocycles. The second-order valence-electron chi connectivity index (χ2n) is 8.46. The van der Waals surface area contributed by atoms with Gasteiger partial charge in [0.05, 0.1) is 11.3 Å². The van der Waals surface area contributed by atoms with Gasteiger partial charge in [-0.2, -0.15) is 0 Å². The van der Waals surface area contributed by atoms with Crippen LogP contribution in [0, 0.1) is 0 Å². The highest BCUT2D eigenvalue weighted by molar-refractivity contribution is 6.36. The first-order valence-corrected chi connectivity index (χ1v) is 11.2. The molecule has 1 saturated heterocycles. The minimum atomic E-state index is -0.701. The first-order valence-electron chi connectivity index (χ1n) is 10.5. The minimum absolute atomic E-state index is 0.140. The highest BCUT2D eigenvalue weighted by Gasteiger charge is 2.45. The van der Waals surface area contributed by atoms with E-state index in [1.807, 2.05) is 6.07 Å². The van der Waals surface area contributed by atoms with E-state index in [-0.39, 0.29) is 30.3 Å². The zero-order valence-electron chi connectivity index (χ0n) is 17.5. The van der Waals surface area contributed by atoms with Gasteiger partial charge in [-0.1, -0.05) is 29.6 Å². The van der Waals surface area contributed by atoms with Crippen LogP contribution in [0.25, 0.3) is 0 Å². The average Bonchev–Trinajstić information content (AvgIpc) is 2.69. The van der Waals surface area contributed by atoms with Gasteiger partial charge >= 0.3 is 0 Å². The maximum absolute atomic E-state index is 13.1. The third-order valence-corrected chi connectivity index (χ3v) is 7.10. The van der Waals surface area contributed by atoms with Crippen molar-refractivity contribution in [3.8, 4) is 0 Å². The molecule has 0 spiro atoms. The van der Waals surface area contributed by atoms with E-state index >= 15 is 0 Å². The number of pyridine rings is 1. The van der Waals surface area contributed by atoms with Crippen molar-refractivity contribution >= 4 is 40.9 Å². The number of aryl methyl sites for hydroxylation is 1. The summed E-state index contributed by atoms with van der Waals surface area (Å²) in [5.41, 5.74) is 1.07. The molecule has 1 unspecified atom stereocenters. The molecule has 1 aliphatic heterocycles. The van der Waals surface area contributed by atoms with E-state index in [0.29, 0.717) is 40.4 Å². The third kappa shape index (κ3) is 4.07. The monoisotopic (exact) mass is 475 g/mol. The molecule has 1 atom stereocenters. The molecule has 1 aliphatic carbocycles. The van der Waals surface area contributed by atoms with Crippen molar-refractivity contribution in [2.75, 3.05) is 0 Å². The number of rotatable bonds is 5. The molecule has 3 amide bonds. The van der Waals surface area contributed by atoms with E-state index in [0.717, 1.165) is 12.0 Å². The Balaban J connectivity index is 1.50. The first-order chi connectivity index (χ1) is 15.2. The Labute approximate surface area is 195 Å². The maximum atomic E-state index is 13.1. The van der Waals surface area contributed by atoms with Crippen molar-refractivity contribution < 1.29 is 14.4 Å². The van der Waals surface area contributed by atoms with Crippen molar-refractivity contribution in [3.05, 3.63) is 67.6 Å². The van der Waals surface area contributed by atoms with E-state index in [1.165, 1.54) is 10.6 Å². The Morgan fingerprint density at radius 2 is 1.88 bits per heavy atom. The molecule has 2 aliphatic rings. The summed E-state index contributed by atoms with van der Waals surface area (Å²) in [5.74, 6) is -1.44. The van der Waals surface area contributed by atoms with E-state index < -0.39 is 17.2 Å². The van der Waals surface area contributed by atoms with Crippen molar-refractivity contribution in [1.29, 1.82) is 0 Å². The lowest BCUT2D eigenvalue weighted by Gasteiger charge is -2.40. The summed E-state index contributed by atoms with van der Waals surface area (Å²) in [6.45, 7) is 0.209. The zero-order valence-corrected chi connectivity index (χ0v) is 19.1. The van der Waals surface area contributed by atoms with Crippen LogP contribution < -0.4 is 16.2 Å². The predicted octanol–water partition coefficient (Wildman–Crippen LogP) is 2.95. The highest BCUT2D eigenvalue weighted by atomic mass is 35.5. The Bertz CT molecular complexity index is 1150. The fourth-order valence-corrected chi connectivity index (χ4v) is 5.21. The van der Waals surface area contributed by atoms with Crippen LogP contribution in [-0.4, -0.2) is 22.3 Å². The van der Waals surface area contributed by atoms with E-state index in [4.69, 9.17) is 23.2 Å². The summed E-state index contributed by atoms with van der Waals surface area (Å²) in [4.78, 5) is 48.8. The summed E-state index contributed by atoms with van der Waals surface area (Å²) in [7, 11) is 1.67. The number of halogens is 2. The van der Waals surface area contributed by atoms with Gasteiger partial charge in [-0.15, -0.1) is 0 Å². The Morgan fingerprint density at radius 1 is 1.19 bits per heavy atom. The number of aromatic nitrogens is 1. The van der Waals surface area contributed by atoms with Gasteiger partial charge in [0.2, 0.25) is 17.7 Å². The molecule has 7 nitrogen and oxygen atoms in total. The van der Waals surface area contributed by atoms with Gasteiger partial charge in [-0.3, -0.25) is 24.5 Å². The van der Waals surface area contributed by atoms with Crippen LogP contribution in [0.1, 0.15) is 54.7 Å². The lowest BCUT2D eigenvalue weighted by atomic mass is 9.64. The number of nitrogens with zero attached hydrogens (tertiary/aromatic N) is 1. The van der Waals surface area contributed by atoms with Gasteiger partial charge in [-0.05, 0) is 48.6 Å². The second-order valence-corrected chi connectivity index (χ2v) is 9.27. The minimum Gasteiger partial charge on any atom is -0.351 e. The normalized spacial score (nSPS) is 19.8. The molecule has 2 heterocycles. The second kappa shape index (κ2) is 8.71. The molecule has 1 aromatic carbocycles. The summed E-state index contributed by atoms with van der Waals surface area (Å²) in [6.07, 6.45) is 4.54. The molecule has 0 bridgehead atoms. The number of hydrogen-bond acceptors (Lipinski definition) is 4. The SMILES string of the molecule is Cn1ccc(C2(C(=O)NCc3cc(Cl)c(C4CCC(=O)NC4=O)c(Cl)c3)CCC2)cc1=O. The van der Waals surface area contributed by atoms with Gasteiger partial charge in [-0.25, -0.2) is 0 Å². The molecule has 2 fully saturated rings. The Hall–Kier alpha value is -2.64. The first kappa shape index (κ1) is 22.6. The quantitative estimate of drug-likeness (QED) is 0.649. The van der Waals surface area contributed by atoms with Crippen LogP contribution >= 0.6 is 23.2 Å². The average molecular weight is 476 g/mol. The highest BCUT2D eigenvalue weighted by Crippen LogP contribution is 2.43. The van der Waals surface area contributed by atoms with Gasteiger partial charge in [0.25, 0.3) is 5.56 Å². The standard InChI is InChI=1S/C23H23Cl2N3O4/c1-28-8-5-14(11-19(28)30)23(6-2-7-23)22(32)26-12-13-9-16(24)20(17(25)10-13)15-3-4-18(29)27-21(15)31/h5,8-11,15H,2-4,6-7,12H2,1H3,(H,26,32)(H,27,29,31). The number of imide groups is 1. The Kier molecular flexibility index (Phi) is 6.14. The van der Waals surface area contributed by atoms with Gasteiger partial charge in [0, 0.05) is 47.9 Å². The molecule has 32 heavy (non-hydrogen) atoms. The van der Waals surface area contributed by atoms with Crippen LogP contribution in [0.5, 0.6) is 0 Å². The number of hydrogen-bond donors (Lipinski definition) is 2. The number of piperidine rings is 1. The van der Waals surface area contributed by atoms with E-state index in [2.05, 4.69) is 10.6 Å². The Morgan fingerprint density at radius 3 is 2.44 bits per heavy atom. The molecular formula is C23H23Cl2N3O4. The van der Waals surface area contributed by atoms with E-state index in [1.54, 1.807) is 25.4 Å². The predicted molar refractivity (Wildman–Crippen MR) is 121 cm³/mol. The lowest BCUT2D eigenvalue weighted by Crippen LogP contribution is -2.49. The van der Waals surface area contributed by atoms with Gasteiger partial charge < -0.3 is 9.88 Å². The summed E-state index contributed by atoms with van der Waals surface area (Å²) in [6, 6.07) is 6.71.